The van der Waals surface area contributed by atoms with Crippen LogP contribution in [0.25, 0.3) is 0 Å². The molecule has 1 aromatic heterocycles. The minimum absolute atomic E-state index is 0.0607. The monoisotopic (exact) mass is 337 g/mol. The molecule has 2 fully saturated rings. The summed E-state index contributed by atoms with van der Waals surface area (Å²) in [4.78, 5) is 12.6. The maximum Gasteiger partial charge on any atom is 0.273 e. The molecule has 128 valence electrons. The fourth-order valence-electron chi connectivity index (χ4n) is 3.69. The number of hydrogen-bond donors (Lipinski definition) is 2. The lowest BCUT2D eigenvalue weighted by Crippen LogP contribution is -2.39. The van der Waals surface area contributed by atoms with Crippen LogP contribution in [-0.2, 0) is 0 Å². The first-order valence-corrected chi connectivity index (χ1v) is 9.94. The molecule has 2 N–H and O–H groups in total. The zero-order valence-corrected chi connectivity index (χ0v) is 14.9. The predicted octanol–water partition coefficient (Wildman–Crippen LogP) is 1.92. The van der Waals surface area contributed by atoms with Crippen LogP contribution >= 0.6 is 11.8 Å². The molecule has 2 unspecified atom stereocenters. The summed E-state index contributed by atoms with van der Waals surface area (Å²) in [6.45, 7) is 3.97. The van der Waals surface area contributed by atoms with E-state index in [0.717, 1.165) is 44.5 Å². The van der Waals surface area contributed by atoms with Crippen molar-refractivity contribution in [1.29, 1.82) is 0 Å². The SMILES string of the molecule is CSC1CCCC(NC(=O)c2nnn(C3CCNCC3)c2C)C1. The molecule has 7 heteroatoms. The van der Waals surface area contributed by atoms with E-state index < -0.39 is 0 Å². The topological polar surface area (TPSA) is 71.8 Å². The van der Waals surface area contributed by atoms with Gasteiger partial charge in [0, 0.05) is 11.3 Å². The zero-order chi connectivity index (χ0) is 16.2. The molecule has 0 aromatic carbocycles. The molecule has 2 atom stereocenters. The Bertz CT molecular complexity index is 541. The van der Waals surface area contributed by atoms with Crippen molar-refractivity contribution in [3.8, 4) is 0 Å². The van der Waals surface area contributed by atoms with Crippen molar-refractivity contribution in [2.75, 3.05) is 19.3 Å². The van der Waals surface area contributed by atoms with Crippen molar-refractivity contribution in [3.63, 3.8) is 0 Å². The summed E-state index contributed by atoms with van der Waals surface area (Å²) in [6.07, 6.45) is 8.84. The van der Waals surface area contributed by atoms with Crippen LogP contribution in [0, 0.1) is 6.92 Å². The summed E-state index contributed by atoms with van der Waals surface area (Å²) in [5.74, 6) is -0.0607. The Kier molecular flexibility index (Phi) is 5.58. The maximum atomic E-state index is 12.6. The van der Waals surface area contributed by atoms with Crippen LogP contribution in [0.1, 0.15) is 60.7 Å². The first-order chi connectivity index (χ1) is 11.2. The lowest BCUT2D eigenvalue weighted by Gasteiger charge is -2.28. The third-order valence-corrected chi connectivity index (χ3v) is 6.19. The summed E-state index contributed by atoms with van der Waals surface area (Å²) >= 11 is 1.91. The van der Waals surface area contributed by atoms with E-state index in [-0.39, 0.29) is 11.9 Å². The predicted molar refractivity (Wildman–Crippen MR) is 92.9 cm³/mol. The van der Waals surface area contributed by atoms with Crippen LogP contribution in [0.15, 0.2) is 0 Å². The highest BCUT2D eigenvalue weighted by atomic mass is 32.2. The van der Waals surface area contributed by atoms with E-state index in [0.29, 0.717) is 17.0 Å². The van der Waals surface area contributed by atoms with Crippen LogP contribution in [0.2, 0.25) is 0 Å². The molecule has 1 saturated heterocycles. The molecule has 1 aliphatic heterocycles. The smallest absolute Gasteiger partial charge is 0.273 e. The first-order valence-electron chi connectivity index (χ1n) is 8.65. The summed E-state index contributed by atoms with van der Waals surface area (Å²) in [6, 6.07) is 0.637. The lowest BCUT2D eigenvalue weighted by molar-refractivity contribution is 0.0922. The fourth-order valence-corrected chi connectivity index (χ4v) is 4.52. The molecule has 0 bridgehead atoms. The molecule has 2 aliphatic rings. The zero-order valence-electron chi connectivity index (χ0n) is 14.0. The fraction of sp³-hybridized carbons (Fsp3) is 0.812. The van der Waals surface area contributed by atoms with Gasteiger partial charge in [0.2, 0.25) is 0 Å². The van der Waals surface area contributed by atoms with E-state index >= 15 is 0 Å². The van der Waals surface area contributed by atoms with E-state index in [9.17, 15) is 4.79 Å². The summed E-state index contributed by atoms with van der Waals surface area (Å²) < 4.78 is 1.95. The highest BCUT2D eigenvalue weighted by molar-refractivity contribution is 7.99. The molecule has 1 aliphatic carbocycles. The van der Waals surface area contributed by atoms with E-state index in [1.54, 1.807) is 0 Å². The van der Waals surface area contributed by atoms with Crippen LogP contribution in [0.3, 0.4) is 0 Å². The van der Waals surface area contributed by atoms with Crippen molar-refractivity contribution in [2.45, 2.75) is 62.8 Å². The van der Waals surface area contributed by atoms with E-state index in [1.807, 2.05) is 23.4 Å². The lowest BCUT2D eigenvalue weighted by atomic mass is 9.95. The van der Waals surface area contributed by atoms with Crippen LogP contribution in [0.4, 0.5) is 0 Å². The van der Waals surface area contributed by atoms with Crippen molar-refractivity contribution in [1.82, 2.24) is 25.6 Å². The second-order valence-corrected chi connectivity index (χ2v) is 7.78. The van der Waals surface area contributed by atoms with Gasteiger partial charge in [-0.3, -0.25) is 4.79 Å². The summed E-state index contributed by atoms with van der Waals surface area (Å²) in [5.41, 5.74) is 1.39. The van der Waals surface area contributed by atoms with Gasteiger partial charge in [-0.05, 0) is 58.4 Å². The van der Waals surface area contributed by atoms with Crippen molar-refractivity contribution < 1.29 is 4.79 Å². The number of nitrogens with zero attached hydrogens (tertiary/aromatic N) is 3. The number of aromatic nitrogens is 3. The number of thioether (sulfide) groups is 1. The molecule has 3 rings (SSSR count). The maximum absolute atomic E-state index is 12.6. The Morgan fingerprint density at radius 1 is 1.30 bits per heavy atom. The number of nitrogens with one attached hydrogen (secondary N) is 2. The Balaban J connectivity index is 1.64. The molecule has 1 saturated carbocycles. The molecule has 1 amide bonds. The van der Waals surface area contributed by atoms with Gasteiger partial charge < -0.3 is 10.6 Å². The Morgan fingerprint density at radius 2 is 2.09 bits per heavy atom. The molecule has 2 heterocycles. The van der Waals surface area contributed by atoms with Crippen LogP contribution < -0.4 is 10.6 Å². The number of amides is 1. The highest BCUT2D eigenvalue weighted by Crippen LogP contribution is 2.27. The number of rotatable bonds is 4. The Morgan fingerprint density at radius 3 is 2.83 bits per heavy atom. The molecular formula is C16H27N5OS. The molecule has 1 aromatic rings. The third kappa shape index (κ3) is 3.88. The second kappa shape index (κ2) is 7.66. The van der Waals surface area contributed by atoms with Gasteiger partial charge >= 0.3 is 0 Å². The van der Waals surface area contributed by atoms with Crippen molar-refractivity contribution in [3.05, 3.63) is 11.4 Å². The Hall–Kier alpha value is -1.08. The van der Waals surface area contributed by atoms with Crippen molar-refractivity contribution in [2.24, 2.45) is 0 Å². The van der Waals surface area contributed by atoms with Crippen LogP contribution in [0.5, 0.6) is 0 Å². The van der Waals surface area contributed by atoms with Gasteiger partial charge in [-0.1, -0.05) is 11.6 Å². The second-order valence-electron chi connectivity index (χ2n) is 6.64. The minimum Gasteiger partial charge on any atom is -0.348 e. The molecule has 0 spiro atoms. The molecular weight excluding hydrogens is 310 g/mol. The largest absolute Gasteiger partial charge is 0.348 e. The minimum atomic E-state index is -0.0607. The number of hydrogen-bond acceptors (Lipinski definition) is 5. The van der Waals surface area contributed by atoms with Gasteiger partial charge in [-0.15, -0.1) is 5.10 Å². The number of carbonyl (C=O) groups is 1. The third-order valence-electron chi connectivity index (χ3n) is 5.09. The van der Waals surface area contributed by atoms with Gasteiger partial charge in [0.1, 0.15) is 0 Å². The van der Waals surface area contributed by atoms with Gasteiger partial charge in [0.25, 0.3) is 5.91 Å². The Labute approximate surface area is 142 Å². The molecule has 23 heavy (non-hydrogen) atoms. The van der Waals surface area contributed by atoms with E-state index in [4.69, 9.17) is 0 Å². The van der Waals surface area contributed by atoms with Gasteiger partial charge in [-0.25, -0.2) is 4.68 Å². The van der Waals surface area contributed by atoms with E-state index in [1.165, 1.54) is 12.8 Å². The quantitative estimate of drug-likeness (QED) is 0.878. The highest BCUT2D eigenvalue weighted by Gasteiger charge is 2.26. The summed E-state index contributed by atoms with van der Waals surface area (Å²) in [5, 5.41) is 15.6. The summed E-state index contributed by atoms with van der Waals surface area (Å²) in [7, 11) is 0. The van der Waals surface area contributed by atoms with E-state index in [2.05, 4.69) is 27.2 Å². The van der Waals surface area contributed by atoms with Gasteiger partial charge in [0.05, 0.1) is 11.7 Å². The number of carbonyl (C=O) groups excluding carboxylic acids is 1. The van der Waals surface area contributed by atoms with Gasteiger partial charge in [0.15, 0.2) is 5.69 Å². The van der Waals surface area contributed by atoms with Crippen molar-refractivity contribution >= 4 is 17.7 Å². The normalized spacial score (nSPS) is 26.2. The standard InChI is InChI=1S/C16H27N5OS/c1-11-15(19-20-21(11)13-6-8-17-9-7-13)16(22)18-12-4-3-5-14(10-12)23-2/h12-14,17H,3-10H2,1-2H3,(H,18,22). The molecule has 6 nitrogen and oxygen atoms in total. The van der Waals surface area contributed by atoms with Gasteiger partial charge in [-0.2, -0.15) is 11.8 Å². The average Bonchev–Trinajstić information content (AvgIpc) is 2.97. The van der Waals surface area contributed by atoms with Crippen LogP contribution in [-0.4, -0.2) is 51.5 Å². The average molecular weight is 337 g/mol. The first kappa shape index (κ1) is 16.8. The molecule has 0 radical (unpaired) electrons. The number of piperidine rings is 1.